The van der Waals surface area contributed by atoms with Gasteiger partial charge in [0.15, 0.2) is 8.32 Å². The van der Waals surface area contributed by atoms with E-state index in [0.29, 0.717) is 11.8 Å². The normalized spacial score (nSPS) is 46.3. The molecule has 0 radical (unpaired) electrons. The molecule has 0 aromatic heterocycles. The van der Waals surface area contributed by atoms with Crippen molar-refractivity contribution in [3.05, 3.63) is 12.2 Å². The van der Waals surface area contributed by atoms with E-state index in [1.165, 1.54) is 19.8 Å². The van der Waals surface area contributed by atoms with Gasteiger partial charge in [-0.25, -0.2) is 0 Å². The highest BCUT2D eigenvalue weighted by Crippen LogP contribution is 2.78. The van der Waals surface area contributed by atoms with Crippen LogP contribution in [-0.2, 0) is 23.5 Å². The second-order valence-electron chi connectivity index (χ2n) is 12.1. The Labute approximate surface area is 188 Å². The lowest BCUT2D eigenvalue weighted by molar-refractivity contribution is -0.183. The van der Waals surface area contributed by atoms with Gasteiger partial charge in [-0.3, -0.25) is 9.59 Å². The number of carbonyl (C=O) groups is 2. The molecule has 174 valence electrons. The fourth-order valence-corrected chi connectivity index (χ4v) is 9.94. The van der Waals surface area contributed by atoms with Gasteiger partial charge >= 0.3 is 11.9 Å². The molecule has 6 heteroatoms. The third-order valence-electron chi connectivity index (χ3n) is 9.55. The van der Waals surface area contributed by atoms with E-state index < -0.39 is 13.7 Å². The van der Waals surface area contributed by atoms with Crippen molar-refractivity contribution >= 4 is 20.3 Å². The smallest absolute Gasteiger partial charge is 0.314 e. The Morgan fingerprint density at radius 2 is 1.74 bits per heavy atom. The zero-order valence-electron chi connectivity index (χ0n) is 20.4. The Hall–Kier alpha value is -1.14. The van der Waals surface area contributed by atoms with Crippen LogP contribution >= 0.6 is 0 Å². The average Bonchev–Trinajstić information content (AvgIpc) is 3.08. The molecule has 0 N–H and O–H groups in total. The van der Waals surface area contributed by atoms with Crippen molar-refractivity contribution in [2.24, 2.45) is 39.9 Å². The summed E-state index contributed by atoms with van der Waals surface area (Å²) < 4.78 is 17.5. The SMILES string of the molecule is C=C1C[C@]23CC1CC[C@H]2[C@]1(C)CC[C@H](O[Si](C)(C)C)[C@@](C)(C(=O)OC)[C@H]1[C@@H]3C(=O)OC. The summed E-state index contributed by atoms with van der Waals surface area (Å²) in [5, 5.41) is 0. The van der Waals surface area contributed by atoms with Gasteiger partial charge in [-0.15, -0.1) is 0 Å². The van der Waals surface area contributed by atoms with E-state index in [2.05, 4.69) is 33.1 Å². The maximum absolute atomic E-state index is 13.5. The van der Waals surface area contributed by atoms with Crippen LogP contribution in [0.25, 0.3) is 0 Å². The van der Waals surface area contributed by atoms with Gasteiger partial charge in [0.25, 0.3) is 0 Å². The van der Waals surface area contributed by atoms with Gasteiger partial charge in [-0.2, -0.15) is 0 Å². The predicted octanol–water partition coefficient (Wildman–Crippen LogP) is 4.97. The number of rotatable bonds is 4. The average molecular weight is 449 g/mol. The van der Waals surface area contributed by atoms with Crippen LogP contribution in [0.5, 0.6) is 0 Å². The molecular formula is C25H40O5Si. The molecule has 4 saturated carbocycles. The minimum Gasteiger partial charge on any atom is -0.469 e. The highest BCUT2D eigenvalue weighted by Gasteiger charge is 2.77. The second-order valence-corrected chi connectivity index (χ2v) is 16.6. The van der Waals surface area contributed by atoms with Gasteiger partial charge in [0.2, 0.25) is 0 Å². The molecule has 4 rings (SSSR count). The van der Waals surface area contributed by atoms with Crippen LogP contribution in [0.3, 0.4) is 0 Å². The third kappa shape index (κ3) is 3.03. The van der Waals surface area contributed by atoms with E-state index in [-0.39, 0.29) is 40.7 Å². The molecule has 0 aliphatic heterocycles. The van der Waals surface area contributed by atoms with E-state index in [0.717, 1.165) is 38.5 Å². The molecule has 0 saturated heterocycles. The molecule has 2 bridgehead atoms. The van der Waals surface area contributed by atoms with Crippen molar-refractivity contribution in [3.63, 3.8) is 0 Å². The first-order valence-corrected chi connectivity index (χ1v) is 15.3. The lowest BCUT2D eigenvalue weighted by atomic mass is 9.52. The monoisotopic (exact) mass is 448 g/mol. The largest absolute Gasteiger partial charge is 0.469 e. The lowest BCUT2D eigenvalue weighted by Gasteiger charge is -2.55. The van der Waals surface area contributed by atoms with Gasteiger partial charge in [-0.1, -0.05) is 19.1 Å². The van der Waals surface area contributed by atoms with Crippen molar-refractivity contribution in [1.82, 2.24) is 0 Å². The van der Waals surface area contributed by atoms with Crippen LogP contribution in [0, 0.1) is 39.9 Å². The van der Waals surface area contributed by atoms with Gasteiger partial charge in [0.1, 0.15) is 0 Å². The van der Waals surface area contributed by atoms with Crippen LogP contribution in [0.4, 0.5) is 0 Å². The van der Waals surface area contributed by atoms with Crippen molar-refractivity contribution in [1.29, 1.82) is 0 Å². The molecular weight excluding hydrogens is 408 g/mol. The zero-order valence-corrected chi connectivity index (χ0v) is 21.4. The molecule has 5 nitrogen and oxygen atoms in total. The Bertz CT molecular complexity index is 802. The van der Waals surface area contributed by atoms with Crippen LogP contribution in [0.1, 0.15) is 52.4 Å². The van der Waals surface area contributed by atoms with Crippen LogP contribution in [0.2, 0.25) is 19.6 Å². The number of methoxy groups -OCH3 is 2. The number of hydrogen-bond donors (Lipinski definition) is 0. The standard InChI is InChI=1S/C25H40O5Si/c1-15-13-25-14-16(15)9-10-17(25)23(2)12-11-18(30-31(6,7)8)24(3,22(27)29-5)20(23)19(25)21(26)28-4/h16-20H,1,9-14H2,2-8H3/t16?,17-,18-,19+,20-,23-,24+,25-/m0/s1. The molecule has 8 atom stereocenters. The molecule has 4 aliphatic rings. The summed E-state index contributed by atoms with van der Waals surface area (Å²) in [6.45, 7) is 15.2. The van der Waals surface area contributed by atoms with Crippen molar-refractivity contribution in [2.75, 3.05) is 14.2 Å². The van der Waals surface area contributed by atoms with Crippen LogP contribution in [0.15, 0.2) is 12.2 Å². The number of hydrogen-bond acceptors (Lipinski definition) is 5. The van der Waals surface area contributed by atoms with Crippen LogP contribution in [-0.4, -0.2) is 40.6 Å². The first-order valence-electron chi connectivity index (χ1n) is 11.9. The van der Waals surface area contributed by atoms with Gasteiger partial charge in [-0.05, 0) is 93.7 Å². The van der Waals surface area contributed by atoms with E-state index in [1.807, 2.05) is 6.92 Å². The molecule has 0 aromatic carbocycles. The Balaban J connectivity index is 1.91. The first kappa shape index (κ1) is 23.0. The predicted molar refractivity (Wildman–Crippen MR) is 122 cm³/mol. The van der Waals surface area contributed by atoms with Crippen LogP contribution < -0.4 is 0 Å². The van der Waals surface area contributed by atoms with Crippen molar-refractivity contribution in [3.8, 4) is 0 Å². The Morgan fingerprint density at radius 3 is 2.32 bits per heavy atom. The highest BCUT2D eigenvalue weighted by molar-refractivity contribution is 6.69. The summed E-state index contributed by atoms with van der Waals surface area (Å²) >= 11 is 0. The molecule has 0 heterocycles. The molecule has 4 fully saturated rings. The number of carbonyl (C=O) groups excluding carboxylic acids is 2. The minimum absolute atomic E-state index is 0.128. The molecule has 0 aromatic rings. The molecule has 31 heavy (non-hydrogen) atoms. The maximum atomic E-state index is 13.5. The van der Waals surface area contributed by atoms with Crippen molar-refractivity contribution < 1.29 is 23.5 Å². The minimum atomic E-state index is -1.92. The Morgan fingerprint density at radius 1 is 1.06 bits per heavy atom. The fraction of sp³-hybridized carbons (Fsp3) is 0.840. The summed E-state index contributed by atoms with van der Waals surface area (Å²) in [5.41, 5.74) is 0.118. The van der Waals surface area contributed by atoms with Gasteiger partial charge < -0.3 is 13.9 Å². The summed E-state index contributed by atoms with van der Waals surface area (Å²) in [5.74, 6) is -0.0230. The maximum Gasteiger partial charge on any atom is 0.314 e. The van der Waals surface area contributed by atoms with Gasteiger partial charge in [0.05, 0.1) is 31.7 Å². The van der Waals surface area contributed by atoms with Crippen molar-refractivity contribution in [2.45, 2.75) is 78.1 Å². The number of fused-ring (bicyclic) bond motifs is 3. The van der Waals surface area contributed by atoms with E-state index >= 15 is 0 Å². The van der Waals surface area contributed by atoms with E-state index in [1.54, 1.807) is 0 Å². The Kier molecular flexibility index (Phi) is 5.33. The quantitative estimate of drug-likeness (QED) is 0.345. The summed E-state index contributed by atoms with van der Waals surface area (Å²) in [6, 6.07) is 0. The highest BCUT2D eigenvalue weighted by atomic mass is 28.4. The second kappa shape index (κ2) is 7.18. The summed E-state index contributed by atoms with van der Waals surface area (Å²) in [4.78, 5) is 27.1. The molecule has 4 aliphatic carbocycles. The summed E-state index contributed by atoms with van der Waals surface area (Å²) in [6.07, 6.45) is 5.68. The fourth-order valence-electron chi connectivity index (χ4n) is 8.73. The van der Waals surface area contributed by atoms with Gasteiger partial charge in [0, 0.05) is 0 Å². The number of esters is 2. The molecule has 0 amide bonds. The first-order chi connectivity index (χ1) is 14.3. The van der Waals surface area contributed by atoms with E-state index in [4.69, 9.17) is 13.9 Å². The molecule has 1 spiro atoms. The number of ether oxygens (including phenoxy) is 2. The lowest BCUT2D eigenvalue weighted by Crippen LogP contribution is -2.60. The summed E-state index contributed by atoms with van der Waals surface area (Å²) in [7, 11) is 1.03. The van der Waals surface area contributed by atoms with E-state index in [9.17, 15) is 9.59 Å². The zero-order chi connectivity index (χ0) is 23.0. The number of allylic oxidation sites excluding steroid dienone is 1. The molecule has 1 unspecified atom stereocenters. The third-order valence-corrected chi connectivity index (χ3v) is 10.5. The topological polar surface area (TPSA) is 61.8 Å².